The number of morpholine rings is 1. The van der Waals surface area contributed by atoms with Crippen LogP contribution < -0.4 is 5.43 Å². The largest absolute Gasteiger partial charge is 0.379 e. The zero-order valence-corrected chi connectivity index (χ0v) is 12.8. The lowest BCUT2D eigenvalue weighted by Crippen LogP contribution is -2.55. The van der Waals surface area contributed by atoms with E-state index in [0.29, 0.717) is 37.4 Å². The highest BCUT2D eigenvalue weighted by Gasteiger charge is 2.40. The maximum Gasteiger partial charge on any atom is 0.275 e. The molecular formula is C18H20N2O3. The van der Waals surface area contributed by atoms with E-state index < -0.39 is 11.5 Å². The molecule has 0 unspecified atom stereocenters. The smallest absolute Gasteiger partial charge is 0.275 e. The molecule has 0 saturated carbocycles. The number of nitrogens with one attached hydrogen (secondary N) is 1. The molecule has 1 amide bonds. The van der Waals surface area contributed by atoms with E-state index in [1.165, 1.54) is 0 Å². The van der Waals surface area contributed by atoms with E-state index in [1.807, 2.05) is 36.4 Å². The van der Waals surface area contributed by atoms with E-state index in [-0.39, 0.29) is 0 Å². The van der Waals surface area contributed by atoms with Gasteiger partial charge in [-0.1, -0.05) is 60.7 Å². The second-order valence-corrected chi connectivity index (χ2v) is 5.48. The summed E-state index contributed by atoms with van der Waals surface area (Å²) >= 11 is 0. The monoisotopic (exact) mass is 312 g/mol. The third-order valence-corrected chi connectivity index (χ3v) is 3.98. The van der Waals surface area contributed by atoms with E-state index in [4.69, 9.17) is 4.74 Å². The minimum atomic E-state index is -1.74. The summed E-state index contributed by atoms with van der Waals surface area (Å²) in [5.41, 5.74) is 2.16. The van der Waals surface area contributed by atoms with Gasteiger partial charge in [0.1, 0.15) is 0 Å². The average Bonchev–Trinajstić information content (AvgIpc) is 2.63. The second-order valence-electron chi connectivity index (χ2n) is 5.48. The lowest BCUT2D eigenvalue weighted by molar-refractivity contribution is -0.144. The van der Waals surface area contributed by atoms with Crippen LogP contribution >= 0.6 is 0 Å². The first-order chi connectivity index (χ1) is 11.2. The molecule has 2 aromatic rings. The number of hydrazine groups is 1. The minimum absolute atomic E-state index is 0.461. The number of carbonyl (C=O) groups excluding carboxylic acids is 1. The Morgan fingerprint density at radius 1 is 0.957 bits per heavy atom. The fraction of sp³-hybridized carbons (Fsp3) is 0.278. The number of aliphatic hydroxyl groups is 1. The molecule has 3 rings (SSSR count). The van der Waals surface area contributed by atoms with E-state index in [2.05, 4.69) is 5.43 Å². The summed E-state index contributed by atoms with van der Waals surface area (Å²) in [5.74, 6) is -0.461. The molecule has 5 heteroatoms. The van der Waals surface area contributed by atoms with Gasteiger partial charge in [0.2, 0.25) is 0 Å². The van der Waals surface area contributed by atoms with Crippen LogP contribution in [0.4, 0.5) is 0 Å². The Balaban J connectivity index is 1.93. The number of benzene rings is 2. The summed E-state index contributed by atoms with van der Waals surface area (Å²) < 4.78 is 5.28. The number of carbonyl (C=O) groups is 1. The molecule has 1 heterocycles. The predicted molar refractivity (Wildman–Crippen MR) is 86.4 cm³/mol. The number of ether oxygens (including phenoxy) is 1. The first-order valence-electron chi connectivity index (χ1n) is 7.68. The van der Waals surface area contributed by atoms with Crippen molar-refractivity contribution in [1.82, 2.24) is 10.4 Å². The zero-order valence-electron chi connectivity index (χ0n) is 12.8. The van der Waals surface area contributed by atoms with Crippen LogP contribution in [0.25, 0.3) is 0 Å². The Bertz CT molecular complexity index is 600. The van der Waals surface area contributed by atoms with Crippen LogP contribution in [0.1, 0.15) is 11.1 Å². The molecule has 1 aliphatic rings. The quantitative estimate of drug-likeness (QED) is 0.893. The van der Waals surface area contributed by atoms with Gasteiger partial charge in [0.25, 0.3) is 5.91 Å². The van der Waals surface area contributed by atoms with Gasteiger partial charge in [-0.25, -0.2) is 5.01 Å². The Hall–Kier alpha value is -2.21. The van der Waals surface area contributed by atoms with Gasteiger partial charge in [0.15, 0.2) is 5.60 Å². The Morgan fingerprint density at radius 3 is 1.91 bits per heavy atom. The van der Waals surface area contributed by atoms with Crippen molar-refractivity contribution in [1.29, 1.82) is 0 Å². The highest BCUT2D eigenvalue weighted by Crippen LogP contribution is 2.29. The highest BCUT2D eigenvalue weighted by atomic mass is 16.5. The standard InChI is InChI=1S/C18H20N2O3/c21-17(19-20-11-13-23-14-12-20)18(22,15-7-3-1-4-8-15)16-9-5-2-6-10-16/h1-10,22H,11-14H2,(H,19,21). The zero-order chi connectivity index (χ0) is 16.1. The summed E-state index contributed by atoms with van der Waals surface area (Å²) in [5, 5.41) is 13.1. The lowest BCUT2D eigenvalue weighted by atomic mass is 9.85. The third kappa shape index (κ3) is 3.27. The summed E-state index contributed by atoms with van der Waals surface area (Å²) in [7, 11) is 0. The van der Waals surface area contributed by atoms with Crippen molar-refractivity contribution < 1.29 is 14.6 Å². The van der Waals surface area contributed by atoms with E-state index in [9.17, 15) is 9.90 Å². The molecule has 1 aliphatic heterocycles. The SMILES string of the molecule is O=C(NN1CCOCC1)C(O)(c1ccccc1)c1ccccc1. The Labute approximate surface area is 135 Å². The van der Waals surface area contributed by atoms with Crippen LogP contribution in [0.3, 0.4) is 0 Å². The summed E-state index contributed by atoms with van der Waals surface area (Å²) in [6, 6.07) is 18.0. The van der Waals surface area contributed by atoms with Crippen LogP contribution in [-0.4, -0.2) is 42.3 Å². The van der Waals surface area contributed by atoms with Gasteiger partial charge in [-0.2, -0.15) is 0 Å². The molecule has 0 atom stereocenters. The predicted octanol–water partition coefficient (Wildman–Crippen LogP) is 1.29. The van der Waals surface area contributed by atoms with Crippen LogP contribution in [0.2, 0.25) is 0 Å². The molecule has 1 fully saturated rings. The van der Waals surface area contributed by atoms with Gasteiger partial charge in [-0.05, 0) is 11.1 Å². The summed E-state index contributed by atoms with van der Waals surface area (Å²) in [6.07, 6.45) is 0. The van der Waals surface area contributed by atoms with Crippen molar-refractivity contribution in [3.63, 3.8) is 0 Å². The molecule has 120 valence electrons. The van der Waals surface area contributed by atoms with Gasteiger partial charge < -0.3 is 9.84 Å². The maximum absolute atomic E-state index is 12.9. The van der Waals surface area contributed by atoms with Gasteiger partial charge in [-0.15, -0.1) is 0 Å². The Morgan fingerprint density at radius 2 is 1.43 bits per heavy atom. The maximum atomic E-state index is 12.9. The molecule has 0 aliphatic carbocycles. The fourth-order valence-electron chi connectivity index (χ4n) is 2.69. The first-order valence-corrected chi connectivity index (χ1v) is 7.68. The fourth-order valence-corrected chi connectivity index (χ4v) is 2.69. The molecule has 2 N–H and O–H groups in total. The topological polar surface area (TPSA) is 61.8 Å². The van der Waals surface area contributed by atoms with Crippen molar-refractivity contribution >= 4 is 5.91 Å². The Kier molecular flexibility index (Phi) is 4.71. The number of hydrogen-bond donors (Lipinski definition) is 2. The number of rotatable bonds is 4. The second kappa shape index (κ2) is 6.91. The first kappa shape index (κ1) is 15.7. The molecule has 1 saturated heterocycles. The summed E-state index contributed by atoms with van der Waals surface area (Å²) in [6.45, 7) is 2.33. The molecule has 0 bridgehead atoms. The normalized spacial score (nSPS) is 16.0. The van der Waals surface area contributed by atoms with Crippen LogP contribution in [0.5, 0.6) is 0 Å². The number of amides is 1. The molecule has 23 heavy (non-hydrogen) atoms. The number of hydrogen-bond acceptors (Lipinski definition) is 4. The van der Waals surface area contributed by atoms with Crippen molar-refractivity contribution in [3.8, 4) is 0 Å². The van der Waals surface area contributed by atoms with Crippen molar-refractivity contribution in [2.45, 2.75) is 5.60 Å². The minimum Gasteiger partial charge on any atom is -0.379 e. The van der Waals surface area contributed by atoms with Crippen LogP contribution in [0.15, 0.2) is 60.7 Å². The van der Waals surface area contributed by atoms with E-state index >= 15 is 0 Å². The van der Waals surface area contributed by atoms with E-state index in [0.717, 1.165) is 0 Å². The molecule has 5 nitrogen and oxygen atoms in total. The van der Waals surface area contributed by atoms with Crippen molar-refractivity contribution in [3.05, 3.63) is 71.8 Å². The van der Waals surface area contributed by atoms with Gasteiger partial charge >= 0.3 is 0 Å². The average molecular weight is 312 g/mol. The van der Waals surface area contributed by atoms with Gasteiger partial charge in [-0.3, -0.25) is 10.2 Å². The highest BCUT2D eigenvalue weighted by molar-refractivity contribution is 5.89. The van der Waals surface area contributed by atoms with E-state index in [1.54, 1.807) is 29.3 Å². The lowest BCUT2D eigenvalue weighted by Gasteiger charge is -2.33. The van der Waals surface area contributed by atoms with Crippen molar-refractivity contribution in [2.75, 3.05) is 26.3 Å². The molecule has 0 radical (unpaired) electrons. The van der Waals surface area contributed by atoms with Gasteiger partial charge in [0.05, 0.1) is 13.2 Å². The molecule has 2 aromatic carbocycles. The third-order valence-electron chi connectivity index (χ3n) is 3.98. The van der Waals surface area contributed by atoms with Crippen LogP contribution in [-0.2, 0) is 15.1 Å². The van der Waals surface area contributed by atoms with Gasteiger partial charge in [0, 0.05) is 13.1 Å². The molecule has 0 aromatic heterocycles. The summed E-state index contributed by atoms with van der Waals surface area (Å²) in [4.78, 5) is 12.9. The van der Waals surface area contributed by atoms with Crippen LogP contribution in [0, 0.1) is 0 Å². The number of nitrogens with zero attached hydrogens (tertiary/aromatic N) is 1. The van der Waals surface area contributed by atoms with Crippen molar-refractivity contribution in [2.24, 2.45) is 0 Å². The molecular weight excluding hydrogens is 292 g/mol. The molecule has 0 spiro atoms.